The zero-order valence-corrected chi connectivity index (χ0v) is 14.4. The first-order valence-corrected chi connectivity index (χ1v) is 8.65. The highest BCUT2D eigenvalue weighted by Crippen LogP contribution is 2.17. The quantitative estimate of drug-likeness (QED) is 0.799. The van der Waals surface area contributed by atoms with E-state index in [4.69, 9.17) is 9.47 Å². The number of hydrogen-bond donors (Lipinski definition) is 2. The molecule has 1 aliphatic rings. The molecule has 0 aromatic carbocycles. The van der Waals surface area contributed by atoms with Crippen LogP contribution in [0.5, 0.6) is 5.75 Å². The van der Waals surface area contributed by atoms with Gasteiger partial charge in [-0.15, -0.1) is 0 Å². The van der Waals surface area contributed by atoms with Gasteiger partial charge in [-0.3, -0.25) is 14.9 Å². The minimum Gasteiger partial charge on any atom is -0.484 e. The third-order valence-corrected chi connectivity index (χ3v) is 4.25. The molecule has 25 heavy (non-hydrogen) atoms. The molecule has 0 unspecified atom stereocenters. The number of aryl methyl sites for hydroxylation is 2. The highest BCUT2D eigenvalue weighted by Gasteiger charge is 2.28. The van der Waals surface area contributed by atoms with E-state index in [0.717, 1.165) is 30.5 Å². The Morgan fingerprint density at radius 2 is 2.36 bits per heavy atom. The molecule has 1 saturated heterocycles. The SMILES string of the molecule is Cc1ccc(O[C@@H]2COCC[C@@H]2NC(=O)CCCc2cn[nH]c2)cn1. The summed E-state index contributed by atoms with van der Waals surface area (Å²) in [5.74, 6) is 0.742. The Kier molecular flexibility index (Phi) is 6.00. The molecule has 0 bridgehead atoms. The third kappa shape index (κ3) is 5.29. The molecular weight excluding hydrogens is 320 g/mol. The van der Waals surface area contributed by atoms with Crippen molar-refractivity contribution in [3.63, 3.8) is 0 Å². The second-order valence-electron chi connectivity index (χ2n) is 6.29. The van der Waals surface area contributed by atoms with Crippen LogP contribution < -0.4 is 10.1 Å². The fourth-order valence-corrected chi connectivity index (χ4v) is 2.84. The Morgan fingerprint density at radius 1 is 1.44 bits per heavy atom. The molecule has 2 atom stereocenters. The van der Waals surface area contributed by atoms with Crippen LogP contribution in [0.4, 0.5) is 0 Å². The van der Waals surface area contributed by atoms with Crippen LogP contribution in [-0.4, -0.2) is 46.4 Å². The fraction of sp³-hybridized carbons (Fsp3) is 0.500. The largest absolute Gasteiger partial charge is 0.484 e. The van der Waals surface area contributed by atoms with Gasteiger partial charge >= 0.3 is 0 Å². The Hall–Kier alpha value is -2.41. The van der Waals surface area contributed by atoms with Gasteiger partial charge in [-0.25, -0.2) is 0 Å². The number of nitrogens with zero attached hydrogens (tertiary/aromatic N) is 2. The highest BCUT2D eigenvalue weighted by molar-refractivity contribution is 5.76. The fourth-order valence-electron chi connectivity index (χ4n) is 2.84. The molecule has 1 fully saturated rings. The normalized spacial score (nSPS) is 20.2. The number of rotatable bonds is 7. The van der Waals surface area contributed by atoms with Crippen LogP contribution in [0.15, 0.2) is 30.7 Å². The van der Waals surface area contributed by atoms with Crippen LogP contribution in [0.1, 0.15) is 30.5 Å². The standard InChI is InChI=1S/C18H24N4O3/c1-13-5-6-15(11-19-13)25-17-12-24-8-7-16(17)22-18(23)4-2-3-14-9-20-21-10-14/h5-6,9-11,16-17H,2-4,7-8,12H2,1H3,(H,20,21)(H,22,23)/t16-,17+/m0/s1. The van der Waals surface area contributed by atoms with Crippen LogP contribution in [0.3, 0.4) is 0 Å². The van der Waals surface area contributed by atoms with E-state index in [0.29, 0.717) is 25.4 Å². The summed E-state index contributed by atoms with van der Waals surface area (Å²) in [7, 11) is 0. The van der Waals surface area contributed by atoms with Gasteiger partial charge < -0.3 is 14.8 Å². The number of aromatic amines is 1. The maximum atomic E-state index is 12.2. The lowest BCUT2D eigenvalue weighted by Gasteiger charge is -2.32. The van der Waals surface area contributed by atoms with Crippen molar-refractivity contribution in [1.29, 1.82) is 0 Å². The molecule has 1 aliphatic heterocycles. The summed E-state index contributed by atoms with van der Waals surface area (Å²) in [6.45, 7) is 3.03. The monoisotopic (exact) mass is 344 g/mol. The van der Waals surface area contributed by atoms with E-state index in [2.05, 4.69) is 20.5 Å². The molecule has 0 saturated carbocycles. The summed E-state index contributed by atoms with van der Waals surface area (Å²) < 4.78 is 11.5. The van der Waals surface area contributed by atoms with Gasteiger partial charge in [0.1, 0.15) is 11.9 Å². The first-order chi connectivity index (χ1) is 12.2. The molecule has 0 aliphatic carbocycles. The first-order valence-electron chi connectivity index (χ1n) is 8.65. The number of pyridine rings is 1. The number of H-pyrrole nitrogens is 1. The Bertz CT molecular complexity index is 657. The number of aromatic nitrogens is 3. The number of ether oxygens (including phenoxy) is 2. The zero-order chi connectivity index (χ0) is 17.5. The predicted octanol–water partition coefficient (Wildman–Crippen LogP) is 1.79. The lowest BCUT2D eigenvalue weighted by atomic mass is 10.1. The smallest absolute Gasteiger partial charge is 0.220 e. The number of carbonyl (C=O) groups excluding carboxylic acids is 1. The molecule has 1 amide bonds. The topological polar surface area (TPSA) is 89.1 Å². The van der Waals surface area contributed by atoms with Crippen molar-refractivity contribution in [3.05, 3.63) is 42.0 Å². The van der Waals surface area contributed by atoms with Crippen LogP contribution in [0.25, 0.3) is 0 Å². The van der Waals surface area contributed by atoms with Gasteiger partial charge in [-0.05, 0) is 43.9 Å². The van der Waals surface area contributed by atoms with Crippen LogP contribution in [0, 0.1) is 6.92 Å². The van der Waals surface area contributed by atoms with E-state index < -0.39 is 0 Å². The van der Waals surface area contributed by atoms with E-state index in [-0.39, 0.29) is 18.1 Å². The van der Waals surface area contributed by atoms with Crippen molar-refractivity contribution in [3.8, 4) is 5.75 Å². The Labute approximate surface area is 147 Å². The zero-order valence-electron chi connectivity index (χ0n) is 14.4. The van der Waals surface area contributed by atoms with Crippen molar-refractivity contribution in [1.82, 2.24) is 20.5 Å². The average Bonchev–Trinajstić information content (AvgIpc) is 3.12. The maximum Gasteiger partial charge on any atom is 0.220 e. The molecule has 2 N–H and O–H groups in total. The summed E-state index contributed by atoms with van der Waals surface area (Å²) in [4.78, 5) is 16.5. The van der Waals surface area contributed by atoms with Gasteiger partial charge in [0.25, 0.3) is 0 Å². The van der Waals surface area contributed by atoms with E-state index in [1.165, 1.54) is 0 Å². The average molecular weight is 344 g/mol. The summed E-state index contributed by atoms with van der Waals surface area (Å²) in [5, 5.41) is 9.78. The van der Waals surface area contributed by atoms with Crippen LogP contribution in [0.2, 0.25) is 0 Å². The van der Waals surface area contributed by atoms with Crippen molar-refractivity contribution in [2.45, 2.75) is 44.8 Å². The molecule has 134 valence electrons. The molecule has 2 aromatic heterocycles. The summed E-state index contributed by atoms with van der Waals surface area (Å²) in [5.41, 5.74) is 2.06. The summed E-state index contributed by atoms with van der Waals surface area (Å²) >= 11 is 0. The molecule has 0 spiro atoms. The molecule has 7 nitrogen and oxygen atoms in total. The van der Waals surface area contributed by atoms with Crippen molar-refractivity contribution < 1.29 is 14.3 Å². The number of amides is 1. The molecule has 2 aromatic rings. The van der Waals surface area contributed by atoms with Gasteiger partial charge in [0.2, 0.25) is 5.91 Å². The Morgan fingerprint density at radius 3 is 3.12 bits per heavy atom. The number of hydrogen-bond acceptors (Lipinski definition) is 5. The summed E-state index contributed by atoms with van der Waals surface area (Å²) in [6.07, 6.45) is 8.02. The minimum atomic E-state index is -0.198. The lowest BCUT2D eigenvalue weighted by molar-refractivity contribution is -0.124. The maximum absolute atomic E-state index is 12.2. The predicted molar refractivity (Wildman–Crippen MR) is 92.3 cm³/mol. The van der Waals surface area contributed by atoms with Crippen LogP contribution in [-0.2, 0) is 16.0 Å². The van der Waals surface area contributed by atoms with E-state index >= 15 is 0 Å². The van der Waals surface area contributed by atoms with Crippen LogP contribution >= 0.6 is 0 Å². The van der Waals surface area contributed by atoms with E-state index in [1.807, 2.05) is 25.3 Å². The molecule has 7 heteroatoms. The van der Waals surface area contributed by atoms with Gasteiger partial charge in [0, 0.05) is 24.9 Å². The highest BCUT2D eigenvalue weighted by atomic mass is 16.5. The third-order valence-electron chi connectivity index (χ3n) is 4.25. The molecule has 0 radical (unpaired) electrons. The van der Waals surface area contributed by atoms with Gasteiger partial charge in [0.15, 0.2) is 0 Å². The summed E-state index contributed by atoms with van der Waals surface area (Å²) in [6, 6.07) is 3.75. The molecular formula is C18H24N4O3. The Balaban J connectivity index is 1.48. The second-order valence-corrected chi connectivity index (χ2v) is 6.29. The lowest BCUT2D eigenvalue weighted by Crippen LogP contribution is -2.51. The molecule has 3 heterocycles. The van der Waals surface area contributed by atoms with Gasteiger partial charge in [-0.1, -0.05) is 0 Å². The van der Waals surface area contributed by atoms with Crippen molar-refractivity contribution in [2.75, 3.05) is 13.2 Å². The minimum absolute atomic E-state index is 0.0449. The second kappa shape index (κ2) is 8.62. The van der Waals surface area contributed by atoms with E-state index in [9.17, 15) is 4.79 Å². The molecule has 3 rings (SSSR count). The van der Waals surface area contributed by atoms with Gasteiger partial charge in [0.05, 0.1) is 25.0 Å². The van der Waals surface area contributed by atoms with Crippen molar-refractivity contribution >= 4 is 5.91 Å². The number of carbonyl (C=O) groups is 1. The van der Waals surface area contributed by atoms with E-state index in [1.54, 1.807) is 12.4 Å². The first kappa shape index (κ1) is 17.4. The van der Waals surface area contributed by atoms with Crippen molar-refractivity contribution in [2.24, 2.45) is 0 Å². The number of nitrogens with one attached hydrogen (secondary N) is 2. The van der Waals surface area contributed by atoms with Gasteiger partial charge in [-0.2, -0.15) is 5.10 Å².